The summed E-state index contributed by atoms with van der Waals surface area (Å²) >= 11 is 0. The third kappa shape index (κ3) is 2.23. The lowest BCUT2D eigenvalue weighted by molar-refractivity contribution is 0.0692. The van der Waals surface area contributed by atoms with Crippen molar-refractivity contribution in [2.24, 2.45) is 0 Å². The molecule has 0 amide bonds. The molecule has 0 saturated carbocycles. The van der Waals surface area contributed by atoms with Crippen molar-refractivity contribution in [2.45, 2.75) is 6.92 Å². The molecule has 0 unspecified atom stereocenters. The van der Waals surface area contributed by atoms with Gasteiger partial charge in [0.05, 0.1) is 25.3 Å². The van der Waals surface area contributed by atoms with Gasteiger partial charge in [0.2, 0.25) is 0 Å². The molecule has 84 valence electrons. The predicted molar refractivity (Wildman–Crippen MR) is 55.8 cm³/mol. The highest BCUT2D eigenvalue weighted by Crippen LogP contribution is 2.32. The van der Waals surface area contributed by atoms with Crippen LogP contribution < -0.4 is 9.47 Å². The summed E-state index contributed by atoms with van der Waals surface area (Å²) in [6.45, 7) is 2.13. The van der Waals surface area contributed by atoms with Crippen molar-refractivity contribution in [1.82, 2.24) is 0 Å². The summed E-state index contributed by atoms with van der Waals surface area (Å²) in [5, 5.41) is 17.7. The maximum atomic E-state index is 11.0. The monoisotopic (exact) mass is 221 g/mol. The quantitative estimate of drug-likeness (QED) is 0.836. The van der Waals surface area contributed by atoms with Crippen molar-refractivity contribution in [3.8, 4) is 17.6 Å². The van der Waals surface area contributed by atoms with E-state index in [0.29, 0.717) is 6.61 Å². The molecule has 0 heterocycles. The van der Waals surface area contributed by atoms with Crippen molar-refractivity contribution in [1.29, 1.82) is 5.26 Å². The standard InChI is InChI=1S/C11H11NO4/c1-3-16-9-5-7(6-12)4-8(11(13)14)10(9)15-2/h4-5H,3H2,1-2H3,(H,13,14). The first kappa shape index (κ1) is 11.9. The number of hydrogen-bond acceptors (Lipinski definition) is 4. The van der Waals surface area contributed by atoms with Crippen LogP contribution in [0, 0.1) is 11.3 Å². The number of nitriles is 1. The topological polar surface area (TPSA) is 79.5 Å². The number of carboxylic acids is 1. The minimum atomic E-state index is -1.16. The van der Waals surface area contributed by atoms with Crippen molar-refractivity contribution in [3.63, 3.8) is 0 Å². The van der Waals surface area contributed by atoms with Gasteiger partial charge in [0.25, 0.3) is 0 Å². The van der Waals surface area contributed by atoms with Crippen LogP contribution in [0.3, 0.4) is 0 Å². The largest absolute Gasteiger partial charge is 0.492 e. The Morgan fingerprint density at radius 1 is 1.56 bits per heavy atom. The Kier molecular flexibility index (Phi) is 3.72. The van der Waals surface area contributed by atoms with Gasteiger partial charge >= 0.3 is 5.97 Å². The Balaban J connectivity index is 3.41. The summed E-state index contributed by atoms with van der Waals surface area (Å²) in [7, 11) is 1.36. The molecule has 0 saturated heterocycles. The highest BCUT2D eigenvalue weighted by atomic mass is 16.5. The van der Waals surface area contributed by atoms with Crippen LogP contribution in [-0.2, 0) is 0 Å². The molecule has 0 spiro atoms. The number of aromatic carboxylic acids is 1. The van der Waals surface area contributed by atoms with Crippen LogP contribution >= 0.6 is 0 Å². The zero-order chi connectivity index (χ0) is 12.1. The van der Waals surface area contributed by atoms with E-state index in [-0.39, 0.29) is 22.6 Å². The Bertz CT molecular complexity index is 448. The van der Waals surface area contributed by atoms with E-state index >= 15 is 0 Å². The second-order valence-electron chi connectivity index (χ2n) is 2.91. The van der Waals surface area contributed by atoms with Crippen molar-refractivity contribution in [2.75, 3.05) is 13.7 Å². The first-order valence-electron chi connectivity index (χ1n) is 4.62. The van der Waals surface area contributed by atoms with Gasteiger partial charge in [0, 0.05) is 6.07 Å². The maximum absolute atomic E-state index is 11.0. The van der Waals surface area contributed by atoms with Gasteiger partial charge in [0.1, 0.15) is 5.56 Å². The molecule has 0 aliphatic rings. The molecule has 1 rings (SSSR count). The number of hydrogen-bond donors (Lipinski definition) is 1. The minimum Gasteiger partial charge on any atom is -0.492 e. The number of ether oxygens (including phenoxy) is 2. The number of benzene rings is 1. The van der Waals surface area contributed by atoms with E-state index < -0.39 is 5.97 Å². The number of rotatable bonds is 4. The van der Waals surface area contributed by atoms with E-state index in [4.69, 9.17) is 19.8 Å². The summed E-state index contributed by atoms with van der Waals surface area (Å²) in [6, 6.07) is 4.58. The van der Waals surface area contributed by atoms with Crippen LogP contribution in [0.1, 0.15) is 22.8 Å². The van der Waals surface area contributed by atoms with Gasteiger partial charge in [-0.2, -0.15) is 5.26 Å². The molecule has 5 nitrogen and oxygen atoms in total. The molecule has 0 aromatic heterocycles. The summed E-state index contributed by atoms with van der Waals surface area (Å²) < 4.78 is 10.2. The third-order valence-corrected chi connectivity index (χ3v) is 1.92. The lowest BCUT2D eigenvalue weighted by atomic mass is 10.1. The fourth-order valence-electron chi connectivity index (χ4n) is 1.30. The molecule has 1 aromatic rings. The number of carboxylic acid groups (broad SMARTS) is 1. The van der Waals surface area contributed by atoms with E-state index in [9.17, 15) is 4.79 Å². The molecule has 16 heavy (non-hydrogen) atoms. The van der Waals surface area contributed by atoms with Crippen LogP contribution in [0.5, 0.6) is 11.5 Å². The van der Waals surface area contributed by atoms with Crippen LogP contribution in [0.2, 0.25) is 0 Å². The van der Waals surface area contributed by atoms with Gasteiger partial charge < -0.3 is 14.6 Å². The Morgan fingerprint density at radius 3 is 2.69 bits per heavy atom. The lowest BCUT2D eigenvalue weighted by Crippen LogP contribution is -2.04. The fourth-order valence-corrected chi connectivity index (χ4v) is 1.30. The van der Waals surface area contributed by atoms with Gasteiger partial charge in [-0.25, -0.2) is 4.79 Å². The second-order valence-corrected chi connectivity index (χ2v) is 2.91. The average Bonchev–Trinajstić information content (AvgIpc) is 2.28. The van der Waals surface area contributed by atoms with E-state index in [1.165, 1.54) is 19.2 Å². The Labute approximate surface area is 92.8 Å². The second kappa shape index (κ2) is 5.03. The summed E-state index contributed by atoms with van der Waals surface area (Å²) in [5.41, 5.74) is 0.145. The first-order valence-corrected chi connectivity index (χ1v) is 4.62. The molecule has 0 fully saturated rings. The smallest absolute Gasteiger partial charge is 0.339 e. The molecule has 1 aromatic carbocycles. The summed E-state index contributed by atoms with van der Waals surface area (Å²) in [5.74, 6) is -0.760. The number of methoxy groups -OCH3 is 1. The van der Waals surface area contributed by atoms with Crippen molar-refractivity contribution in [3.05, 3.63) is 23.3 Å². The molecular weight excluding hydrogens is 210 g/mol. The molecule has 0 bridgehead atoms. The first-order chi connectivity index (χ1) is 7.63. The molecule has 1 N–H and O–H groups in total. The molecule has 0 atom stereocenters. The highest BCUT2D eigenvalue weighted by Gasteiger charge is 2.17. The summed E-state index contributed by atoms with van der Waals surface area (Å²) in [6.07, 6.45) is 0. The van der Waals surface area contributed by atoms with Crippen molar-refractivity contribution < 1.29 is 19.4 Å². The van der Waals surface area contributed by atoms with Crippen LogP contribution in [0.15, 0.2) is 12.1 Å². The van der Waals surface area contributed by atoms with E-state index in [2.05, 4.69) is 0 Å². The van der Waals surface area contributed by atoms with Crippen LogP contribution in [-0.4, -0.2) is 24.8 Å². The summed E-state index contributed by atoms with van der Waals surface area (Å²) in [4.78, 5) is 11.0. The fraction of sp³-hybridized carbons (Fsp3) is 0.273. The molecular formula is C11H11NO4. The minimum absolute atomic E-state index is 0.0787. The Hall–Kier alpha value is -2.22. The SMILES string of the molecule is CCOc1cc(C#N)cc(C(=O)O)c1OC. The normalized spacial score (nSPS) is 9.31. The highest BCUT2D eigenvalue weighted by molar-refractivity contribution is 5.92. The molecule has 5 heteroatoms. The lowest BCUT2D eigenvalue weighted by Gasteiger charge is -2.11. The van der Waals surface area contributed by atoms with Crippen molar-refractivity contribution >= 4 is 5.97 Å². The average molecular weight is 221 g/mol. The molecule has 0 aliphatic heterocycles. The number of carbonyl (C=O) groups is 1. The van der Waals surface area contributed by atoms with Gasteiger partial charge in [-0.15, -0.1) is 0 Å². The maximum Gasteiger partial charge on any atom is 0.339 e. The predicted octanol–water partition coefficient (Wildman–Crippen LogP) is 1.66. The van der Waals surface area contributed by atoms with E-state index in [0.717, 1.165) is 0 Å². The van der Waals surface area contributed by atoms with E-state index in [1.807, 2.05) is 6.07 Å². The van der Waals surface area contributed by atoms with E-state index in [1.54, 1.807) is 6.92 Å². The number of nitrogens with zero attached hydrogens (tertiary/aromatic N) is 1. The third-order valence-electron chi connectivity index (χ3n) is 1.92. The zero-order valence-electron chi connectivity index (χ0n) is 8.98. The molecule has 0 radical (unpaired) electrons. The molecule has 0 aliphatic carbocycles. The zero-order valence-corrected chi connectivity index (χ0v) is 8.98. The van der Waals surface area contributed by atoms with Gasteiger partial charge in [-0.1, -0.05) is 0 Å². The Morgan fingerprint density at radius 2 is 2.25 bits per heavy atom. The van der Waals surface area contributed by atoms with Gasteiger partial charge in [0.15, 0.2) is 11.5 Å². The van der Waals surface area contributed by atoms with Gasteiger partial charge in [-0.05, 0) is 13.0 Å². The van der Waals surface area contributed by atoms with Crippen LogP contribution in [0.4, 0.5) is 0 Å². The van der Waals surface area contributed by atoms with Gasteiger partial charge in [-0.3, -0.25) is 0 Å². The van der Waals surface area contributed by atoms with Crippen LogP contribution in [0.25, 0.3) is 0 Å².